The summed E-state index contributed by atoms with van der Waals surface area (Å²) in [6.07, 6.45) is 6.04. The third-order valence-corrected chi connectivity index (χ3v) is 4.92. The SMILES string of the molecule is CCc1oc(-c2ccccc2)cc1C(Cl)C1CCCC1. The van der Waals surface area contributed by atoms with E-state index in [0.717, 1.165) is 23.5 Å². The minimum absolute atomic E-state index is 0.105. The van der Waals surface area contributed by atoms with E-state index in [1.807, 2.05) is 18.2 Å². The van der Waals surface area contributed by atoms with Crippen LogP contribution in [0.3, 0.4) is 0 Å². The van der Waals surface area contributed by atoms with Gasteiger partial charge in [0.05, 0.1) is 5.38 Å². The zero-order valence-corrected chi connectivity index (χ0v) is 12.7. The lowest BCUT2D eigenvalue weighted by molar-refractivity contribution is 0.494. The Balaban J connectivity index is 1.92. The number of rotatable bonds is 4. The maximum Gasteiger partial charge on any atom is 0.134 e. The first-order chi connectivity index (χ1) is 9.79. The van der Waals surface area contributed by atoms with E-state index in [9.17, 15) is 0 Å². The summed E-state index contributed by atoms with van der Waals surface area (Å²) >= 11 is 6.74. The molecule has 2 aromatic rings. The van der Waals surface area contributed by atoms with Crippen molar-refractivity contribution < 1.29 is 4.42 Å². The van der Waals surface area contributed by atoms with E-state index in [1.165, 1.54) is 31.2 Å². The van der Waals surface area contributed by atoms with Gasteiger partial charge in [-0.15, -0.1) is 11.6 Å². The van der Waals surface area contributed by atoms with Gasteiger partial charge in [0.2, 0.25) is 0 Å². The minimum atomic E-state index is 0.105. The van der Waals surface area contributed by atoms with Crippen molar-refractivity contribution in [2.75, 3.05) is 0 Å². The van der Waals surface area contributed by atoms with Crippen LogP contribution in [0.2, 0.25) is 0 Å². The average Bonchev–Trinajstić information content (AvgIpc) is 3.17. The Labute approximate surface area is 125 Å². The molecule has 0 saturated heterocycles. The summed E-state index contributed by atoms with van der Waals surface area (Å²) in [7, 11) is 0. The van der Waals surface area contributed by atoms with Gasteiger partial charge in [-0.1, -0.05) is 50.1 Å². The molecule has 0 bridgehead atoms. The summed E-state index contributed by atoms with van der Waals surface area (Å²) < 4.78 is 6.05. The van der Waals surface area contributed by atoms with Crippen LogP contribution in [0.4, 0.5) is 0 Å². The molecule has 0 amide bonds. The van der Waals surface area contributed by atoms with Crippen LogP contribution < -0.4 is 0 Å². The lowest BCUT2D eigenvalue weighted by atomic mass is 9.96. The van der Waals surface area contributed by atoms with E-state index in [2.05, 4.69) is 25.1 Å². The van der Waals surface area contributed by atoms with Crippen LogP contribution in [0.1, 0.15) is 49.3 Å². The molecule has 1 heterocycles. The molecule has 1 aromatic heterocycles. The fourth-order valence-corrected chi connectivity index (χ4v) is 3.64. The molecule has 1 fully saturated rings. The van der Waals surface area contributed by atoms with Crippen LogP contribution in [0.15, 0.2) is 40.8 Å². The highest BCUT2D eigenvalue weighted by Crippen LogP contribution is 2.43. The van der Waals surface area contributed by atoms with Gasteiger partial charge >= 0.3 is 0 Å². The highest BCUT2D eigenvalue weighted by molar-refractivity contribution is 6.21. The normalized spacial score (nSPS) is 17.5. The lowest BCUT2D eigenvalue weighted by Gasteiger charge is -2.16. The summed E-state index contributed by atoms with van der Waals surface area (Å²) in [5.41, 5.74) is 2.34. The summed E-state index contributed by atoms with van der Waals surface area (Å²) in [6, 6.07) is 12.4. The number of hydrogen-bond donors (Lipinski definition) is 0. The van der Waals surface area contributed by atoms with E-state index >= 15 is 0 Å². The topological polar surface area (TPSA) is 13.1 Å². The molecule has 0 aliphatic heterocycles. The molecule has 106 valence electrons. The van der Waals surface area contributed by atoms with Gasteiger partial charge in [-0.2, -0.15) is 0 Å². The first kappa shape index (κ1) is 13.8. The van der Waals surface area contributed by atoms with Gasteiger partial charge in [-0.3, -0.25) is 0 Å². The zero-order valence-electron chi connectivity index (χ0n) is 11.9. The second-order valence-corrected chi connectivity index (χ2v) is 6.13. The molecule has 2 heteroatoms. The van der Waals surface area contributed by atoms with Gasteiger partial charge < -0.3 is 4.42 Å². The van der Waals surface area contributed by atoms with Crippen molar-refractivity contribution in [1.29, 1.82) is 0 Å². The second-order valence-electron chi connectivity index (χ2n) is 5.66. The molecule has 0 N–H and O–H groups in total. The Morgan fingerprint density at radius 1 is 1.20 bits per heavy atom. The molecule has 1 aliphatic rings. The molecular formula is C18H21ClO. The highest BCUT2D eigenvalue weighted by Gasteiger charge is 2.28. The second kappa shape index (κ2) is 6.05. The molecule has 1 aliphatic carbocycles. The number of alkyl halides is 1. The Bertz CT molecular complexity index is 552. The van der Waals surface area contributed by atoms with E-state index in [4.69, 9.17) is 16.0 Å². The maximum atomic E-state index is 6.74. The summed E-state index contributed by atoms with van der Waals surface area (Å²) in [4.78, 5) is 0. The number of aryl methyl sites for hydroxylation is 1. The van der Waals surface area contributed by atoms with E-state index in [1.54, 1.807) is 0 Å². The minimum Gasteiger partial charge on any atom is -0.461 e. The van der Waals surface area contributed by atoms with Crippen molar-refractivity contribution in [2.45, 2.75) is 44.4 Å². The van der Waals surface area contributed by atoms with Gasteiger partial charge in [-0.05, 0) is 24.8 Å². The number of halogens is 1. The maximum absolute atomic E-state index is 6.74. The first-order valence-corrected chi connectivity index (χ1v) is 8.05. The van der Waals surface area contributed by atoms with Gasteiger partial charge in [0.25, 0.3) is 0 Å². The van der Waals surface area contributed by atoms with Gasteiger partial charge in [0.15, 0.2) is 0 Å². The Kier molecular flexibility index (Phi) is 4.16. The smallest absolute Gasteiger partial charge is 0.134 e. The molecule has 0 spiro atoms. The fraction of sp³-hybridized carbons (Fsp3) is 0.444. The molecular weight excluding hydrogens is 268 g/mol. The highest BCUT2D eigenvalue weighted by atomic mass is 35.5. The van der Waals surface area contributed by atoms with Crippen LogP contribution in [-0.4, -0.2) is 0 Å². The van der Waals surface area contributed by atoms with Crippen LogP contribution in [0, 0.1) is 5.92 Å². The third-order valence-electron chi connectivity index (χ3n) is 4.33. The fourth-order valence-electron chi connectivity index (χ4n) is 3.20. The number of benzene rings is 1. The molecule has 1 atom stereocenters. The zero-order chi connectivity index (χ0) is 13.9. The molecule has 0 radical (unpaired) electrons. The van der Waals surface area contributed by atoms with Gasteiger partial charge in [0, 0.05) is 17.5 Å². The Morgan fingerprint density at radius 3 is 2.55 bits per heavy atom. The van der Waals surface area contributed by atoms with Crippen molar-refractivity contribution in [3.63, 3.8) is 0 Å². The summed E-state index contributed by atoms with van der Waals surface area (Å²) in [6.45, 7) is 2.13. The van der Waals surface area contributed by atoms with Crippen LogP contribution in [-0.2, 0) is 6.42 Å². The Morgan fingerprint density at radius 2 is 1.90 bits per heavy atom. The monoisotopic (exact) mass is 288 g/mol. The molecule has 1 saturated carbocycles. The lowest BCUT2D eigenvalue weighted by Crippen LogP contribution is -2.04. The summed E-state index contributed by atoms with van der Waals surface area (Å²) in [5.74, 6) is 2.61. The Hall–Kier alpha value is -1.21. The van der Waals surface area contributed by atoms with Crippen molar-refractivity contribution in [1.82, 2.24) is 0 Å². The first-order valence-electron chi connectivity index (χ1n) is 7.61. The predicted molar refractivity (Wildman–Crippen MR) is 84.1 cm³/mol. The van der Waals surface area contributed by atoms with Crippen molar-refractivity contribution >= 4 is 11.6 Å². The van der Waals surface area contributed by atoms with E-state index in [0.29, 0.717) is 5.92 Å². The number of furan rings is 1. The largest absolute Gasteiger partial charge is 0.461 e. The van der Waals surface area contributed by atoms with E-state index in [-0.39, 0.29) is 5.38 Å². The molecule has 3 rings (SSSR count). The third kappa shape index (κ3) is 2.64. The summed E-state index contributed by atoms with van der Waals surface area (Å²) in [5, 5.41) is 0.105. The van der Waals surface area contributed by atoms with Crippen LogP contribution in [0.25, 0.3) is 11.3 Å². The average molecular weight is 289 g/mol. The molecule has 20 heavy (non-hydrogen) atoms. The molecule has 1 aromatic carbocycles. The molecule has 1 nitrogen and oxygen atoms in total. The van der Waals surface area contributed by atoms with Crippen molar-refractivity contribution in [3.8, 4) is 11.3 Å². The van der Waals surface area contributed by atoms with Crippen molar-refractivity contribution in [2.24, 2.45) is 5.92 Å². The van der Waals surface area contributed by atoms with Crippen LogP contribution >= 0.6 is 11.6 Å². The molecule has 1 unspecified atom stereocenters. The number of hydrogen-bond acceptors (Lipinski definition) is 1. The van der Waals surface area contributed by atoms with Gasteiger partial charge in [0.1, 0.15) is 11.5 Å². The van der Waals surface area contributed by atoms with Gasteiger partial charge in [-0.25, -0.2) is 0 Å². The quantitative estimate of drug-likeness (QED) is 0.631. The van der Waals surface area contributed by atoms with E-state index < -0.39 is 0 Å². The van der Waals surface area contributed by atoms with Crippen LogP contribution in [0.5, 0.6) is 0 Å². The predicted octanol–water partition coefficient (Wildman–Crippen LogP) is 5.98. The van der Waals surface area contributed by atoms with Crippen molar-refractivity contribution in [3.05, 3.63) is 47.7 Å². The standard InChI is InChI=1S/C18H21ClO/c1-2-16-15(18(19)14-10-6-7-11-14)12-17(20-16)13-8-4-3-5-9-13/h3-5,8-9,12,14,18H,2,6-7,10-11H2,1H3.